The van der Waals surface area contributed by atoms with Gasteiger partial charge in [0.2, 0.25) is 5.91 Å². The quantitative estimate of drug-likeness (QED) is 0.533. The highest BCUT2D eigenvalue weighted by Crippen LogP contribution is 2.35. The fraction of sp³-hybridized carbons (Fsp3) is 0.667. The molecule has 2 aromatic rings. The van der Waals surface area contributed by atoms with Crippen LogP contribution in [0.25, 0.3) is 10.2 Å². The van der Waals surface area contributed by atoms with Crippen molar-refractivity contribution in [1.82, 2.24) is 14.9 Å². The molecule has 2 aliphatic rings. The molecule has 4 rings (SSSR count). The third kappa shape index (κ3) is 4.39. The smallest absolute Gasteiger partial charge is 0.263 e. The molecule has 0 saturated heterocycles. The molecule has 6 nitrogen and oxygen atoms in total. The largest absolute Gasteiger partial charge is 0.383 e. The summed E-state index contributed by atoms with van der Waals surface area (Å²) in [5, 5.41) is 4.59. The monoisotopic (exact) mass is 435 g/mol. The number of amides is 1. The normalized spacial score (nSPS) is 21.4. The average Bonchev–Trinajstić information content (AvgIpc) is 3.28. The molecule has 0 unspecified atom stereocenters. The van der Waals surface area contributed by atoms with Crippen LogP contribution >= 0.6 is 23.1 Å². The SMILES string of the molecule is COCCn1c(SCC(=O)N[C@H]2CCCC[C@@H]2C)nc2sc3c(c2c1=O)CCC3. The van der Waals surface area contributed by atoms with Crippen molar-refractivity contribution in [3.05, 3.63) is 20.8 Å². The van der Waals surface area contributed by atoms with Crippen molar-refractivity contribution in [2.24, 2.45) is 5.92 Å². The molecule has 2 aromatic heterocycles. The van der Waals surface area contributed by atoms with Crippen LogP contribution in [0.15, 0.2) is 9.95 Å². The number of fused-ring (bicyclic) bond motifs is 3. The van der Waals surface area contributed by atoms with E-state index in [1.807, 2.05) is 0 Å². The molecule has 2 aliphatic carbocycles. The standard InChI is InChI=1S/C21H29N3O3S2/c1-13-6-3-4-8-15(13)22-17(25)12-28-21-23-19-18(14-7-5-9-16(14)29-19)20(26)24(21)10-11-27-2/h13,15H,3-12H2,1-2H3,(H,22,25)/t13-,15-/m0/s1. The number of nitrogens with zero attached hydrogens (tertiary/aromatic N) is 2. The van der Waals surface area contributed by atoms with E-state index in [0.717, 1.165) is 35.9 Å². The van der Waals surface area contributed by atoms with Crippen molar-refractivity contribution < 1.29 is 9.53 Å². The summed E-state index contributed by atoms with van der Waals surface area (Å²) in [5.74, 6) is 0.829. The van der Waals surface area contributed by atoms with E-state index in [1.165, 1.54) is 41.5 Å². The number of aryl methyl sites for hydroxylation is 2. The number of methoxy groups -OCH3 is 1. The second-order valence-electron chi connectivity index (χ2n) is 8.11. The van der Waals surface area contributed by atoms with Gasteiger partial charge in [0.1, 0.15) is 4.83 Å². The lowest BCUT2D eigenvalue weighted by molar-refractivity contribution is -0.119. The van der Waals surface area contributed by atoms with Gasteiger partial charge >= 0.3 is 0 Å². The van der Waals surface area contributed by atoms with Crippen molar-refractivity contribution in [3.63, 3.8) is 0 Å². The van der Waals surface area contributed by atoms with Gasteiger partial charge in [0.15, 0.2) is 5.16 Å². The fourth-order valence-electron chi connectivity index (χ4n) is 4.46. The van der Waals surface area contributed by atoms with Crippen LogP contribution in [0.1, 0.15) is 49.5 Å². The Kier molecular flexibility index (Phi) is 6.61. The van der Waals surface area contributed by atoms with E-state index >= 15 is 0 Å². The Morgan fingerprint density at radius 3 is 2.93 bits per heavy atom. The van der Waals surface area contributed by atoms with Gasteiger partial charge in [-0.05, 0) is 43.6 Å². The van der Waals surface area contributed by atoms with Crippen molar-refractivity contribution in [2.75, 3.05) is 19.5 Å². The van der Waals surface area contributed by atoms with Crippen molar-refractivity contribution >= 4 is 39.2 Å². The van der Waals surface area contributed by atoms with Gasteiger partial charge in [0.25, 0.3) is 5.56 Å². The lowest BCUT2D eigenvalue weighted by Crippen LogP contribution is -2.42. The zero-order valence-electron chi connectivity index (χ0n) is 17.2. The van der Waals surface area contributed by atoms with E-state index < -0.39 is 0 Å². The maximum Gasteiger partial charge on any atom is 0.263 e. The first-order valence-corrected chi connectivity index (χ1v) is 12.3. The predicted octanol–water partition coefficient (Wildman–Crippen LogP) is 3.38. The number of hydrogen-bond donors (Lipinski definition) is 1. The zero-order chi connectivity index (χ0) is 20.4. The van der Waals surface area contributed by atoms with E-state index in [9.17, 15) is 9.59 Å². The van der Waals surface area contributed by atoms with Crippen LogP contribution in [-0.4, -0.2) is 41.0 Å². The summed E-state index contributed by atoms with van der Waals surface area (Å²) in [5.41, 5.74) is 1.20. The third-order valence-corrected chi connectivity index (χ3v) is 8.26. The number of hydrogen-bond acceptors (Lipinski definition) is 6. The number of nitrogens with one attached hydrogen (secondary N) is 1. The highest BCUT2D eigenvalue weighted by Gasteiger charge is 2.25. The minimum Gasteiger partial charge on any atom is -0.383 e. The van der Waals surface area contributed by atoms with E-state index in [1.54, 1.807) is 23.0 Å². The second-order valence-corrected chi connectivity index (χ2v) is 10.1. The average molecular weight is 436 g/mol. The van der Waals surface area contributed by atoms with Gasteiger partial charge in [-0.2, -0.15) is 0 Å². The third-order valence-electron chi connectivity index (χ3n) is 6.10. The number of aromatic nitrogens is 2. The summed E-state index contributed by atoms with van der Waals surface area (Å²) in [6.45, 7) is 3.11. The van der Waals surface area contributed by atoms with E-state index in [0.29, 0.717) is 24.2 Å². The Hall–Kier alpha value is -1.38. The minimum atomic E-state index is 0.00950. The molecule has 1 amide bonds. The first-order chi connectivity index (χ1) is 14.1. The van der Waals surface area contributed by atoms with E-state index in [2.05, 4.69) is 12.2 Å². The number of thioether (sulfide) groups is 1. The maximum absolute atomic E-state index is 13.2. The molecule has 29 heavy (non-hydrogen) atoms. The molecule has 0 spiro atoms. The molecule has 0 aromatic carbocycles. The molecule has 0 radical (unpaired) electrons. The van der Waals surface area contributed by atoms with E-state index in [-0.39, 0.29) is 23.3 Å². The highest BCUT2D eigenvalue weighted by molar-refractivity contribution is 7.99. The Morgan fingerprint density at radius 1 is 1.31 bits per heavy atom. The fourth-order valence-corrected chi connectivity index (χ4v) is 6.60. The molecule has 0 bridgehead atoms. The lowest BCUT2D eigenvalue weighted by Gasteiger charge is -2.29. The minimum absolute atomic E-state index is 0.00950. The molecule has 1 saturated carbocycles. The molecular weight excluding hydrogens is 406 g/mol. The summed E-state index contributed by atoms with van der Waals surface area (Å²) in [4.78, 5) is 32.7. The van der Waals surface area contributed by atoms with E-state index in [4.69, 9.17) is 9.72 Å². The van der Waals surface area contributed by atoms with Gasteiger partial charge in [-0.1, -0.05) is 31.5 Å². The van der Waals surface area contributed by atoms with Gasteiger partial charge in [-0.3, -0.25) is 14.2 Å². The summed E-state index contributed by atoms with van der Waals surface area (Å²) in [6.07, 6.45) is 7.79. The van der Waals surface area contributed by atoms with Gasteiger partial charge in [0, 0.05) is 18.0 Å². The molecule has 2 atom stereocenters. The first-order valence-electron chi connectivity index (χ1n) is 10.5. The Morgan fingerprint density at radius 2 is 2.14 bits per heavy atom. The Labute approximate surface area is 179 Å². The van der Waals surface area contributed by atoms with Crippen molar-refractivity contribution in [2.45, 2.75) is 69.6 Å². The van der Waals surface area contributed by atoms with Gasteiger partial charge in [-0.15, -0.1) is 11.3 Å². The topological polar surface area (TPSA) is 73.2 Å². The van der Waals surface area contributed by atoms with Crippen LogP contribution in [0.5, 0.6) is 0 Å². The molecule has 158 valence electrons. The van der Waals surface area contributed by atoms with Gasteiger partial charge in [0.05, 0.1) is 24.3 Å². The van der Waals surface area contributed by atoms with Crippen LogP contribution in [0.3, 0.4) is 0 Å². The molecule has 2 heterocycles. The van der Waals surface area contributed by atoms with Gasteiger partial charge in [-0.25, -0.2) is 4.98 Å². The predicted molar refractivity (Wildman–Crippen MR) is 118 cm³/mol. The summed E-state index contributed by atoms with van der Waals surface area (Å²) in [7, 11) is 1.63. The Balaban J connectivity index is 1.54. The highest BCUT2D eigenvalue weighted by atomic mass is 32.2. The number of ether oxygens (including phenoxy) is 1. The number of rotatable bonds is 7. The Bertz CT molecular complexity index is 953. The number of carbonyl (C=O) groups excluding carboxylic acids is 1. The summed E-state index contributed by atoms with van der Waals surface area (Å²) < 4.78 is 6.90. The lowest BCUT2D eigenvalue weighted by atomic mass is 9.86. The molecule has 8 heteroatoms. The summed E-state index contributed by atoms with van der Waals surface area (Å²) >= 11 is 3.00. The maximum atomic E-state index is 13.2. The molecule has 0 aliphatic heterocycles. The second kappa shape index (κ2) is 9.18. The first kappa shape index (κ1) is 20.9. The van der Waals surface area contributed by atoms with Crippen LogP contribution < -0.4 is 10.9 Å². The number of thiophene rings is 1. The van der Waals surface area contributed by atoms with Crippen LogP contribution in [0.4, 0.5) is 0 Å². The van der Waals surface area contributed by atoms with Crippen molar-refractivity contribution in [3.8, 4) is 0 Å². The van der Waals surface area contributed by atoms with Crippen LogP contribution in [0, 0.1) is 5.92 Å². The van der Waals surface area contributed by atoms with Gasteiger partial charge < -0.3 is 10.1 Å². The molecule has 1 N–H and O–H groups in total. The number of carbonyl (C=O) groups is 1. The summed E-state index contributed by atoms with van der Waals surface area (Å²) in [6, 6.07) is 0.267. The van der Waals surface area contributed by atoms with Crippen LogP contribution in [-0.2, 0) is 28.9 Å². The van der Waals surface area contributed by atoms with Crippen LogP contribution in [0.2, 0.25) is 0 Å². The van der Waals surface area contributed by atoms with Crippen molar-refractivity contribution in [1.29, 1.82) is 0 Å². The molecular formula is C21H29N3O3S2. The zero-order valence-corrected chi connectivity index (χ0v) is 18.8. The molecule has 1 fully saturated rings.